The molecule has 0 radical (unpaired) electrons. The quantitative estimate of drug-likeness (QED) is 0.575. The summed E-state index contributed by atoms with van der Waals surface area (Å²) in [6.07, 6.45) is 3.79. The predicted molar refractivity (Wildman–Crippen MR) is 74.1 cm³/mol. The molecule has 0 heterocycles. The number of hydrogen-bond acceptors (Lipinski definition) is 3. The molecule has 0 fully saturated rings. The van der Waals surface area contributed by atoms with Gasteiger partial charge in [0.05, 0.1) is 24.9 Å². The van der Waals surface area contributed by atoms with Crippen LogP contribution in [0, 0.1) is 0 Å². The lowest BCUT2D eigenvalue weighted by atomic mass is 9.94. The van der Waals surface area contributed by atoms with Gasteiger partial charge in [-0.25, -0.2) is 0 Å². The van der Waals surface area contributed by atoms with Crippen LogP contribution in [0.15, 0.2) is 42.5 Å². The Kier molecular flexibility index (Phi) is 6.05. The Bertz CT molecular complexity index is 360. The van der Waals surface area contributed by atoms with Gasteiger partial charge in [-0.1, -0.05) is 49.4 Å². The molecular formula is C15H23NO2. The highest BCUT2D eigenvalue weighted by molar-refractivity contribution is 5.13. The van der Waals surface area contributed by atoms with Crippen LogP contribution in [0.5, 0.6) is 0 Å². The van der Waals surface area contributed by atoms with Crippen LogP contribution in [-0.4, -0.2) is 23.4 Å². The summed E-state index contributed by atoms with van der Waals surface area (Å²) in [6.45, 7) is 4.81. The van der Waals surface area contributed by atoms with Crippen LogP contribution in [0.4, 0.5) is 0 Å². The molecule has 100 valence electrons. The number of hydrogen-bond donors (Lipinski definition) is 2. The zero-order valence-corrected chi connectivity index (χ0v) is 11.2. The van der Waals surface area contributed by atoms with Crippen molar-refractivity contribution in [1.82, 2.24) is 0 Å². The molecule has 3 heteroatoms. The standard InChI is InChI=1S/C15H23NO2/c1-3-14(17)15(2,16)10-7-11-18-12-13-8-5-4-6-9-13/h4-10,14,17H,3,11-12,16H2,1-2H3/b10-7+/t14-,15+/m1/s1. The fraction of sp³-hybridized carbons (Fsp3) is 0.467. The lowest BCUT2D eigenvalue weighted by molar-refractivity contribution is 0.113. The van der Waals surface area contributed by atoms with Gasteiger partial charge in [-0.15, -0.1) is 0 Å². The van der Waals surface area contributed by atoms with Crippen LogP contribution in [-0.2, 0) is 11.3 Å². The third-order valence-electron chi connectivity index (χ3n) is 2.91. The van der Waals surface area contributed by atoms with Crippen molar-refractivity contribution >= 4 is 0 Å². The number of benzene rings is 1. The molecule has 1 aromatic carbocycles. The van der Waals surface area contributed by atoms with Crippen molar-refractivity contribution in [3.8, 4) is 0 Å². The predicted octanol–water partition coefficient (Wildman–Crippen LogP) is 2.25. The molecule has 3 nitrogen and oxygen atoms in total. The third-order valence-corrected chi connectivity index (χ3v) is 2.91. The molecule has 0 aliphatic carbocycles. The van der Waals surface area contributed by atoms with Crippen molar-refractivity contribution in [2.75, 3.05) is 6.61 Å². The van der Waals surface area contributed by atoms with Crippen molar-refractivity contribution in [2.24, 2.45) is 5.73 Å². The fourth-order valence-corrected chi connectivity index (χ4v) is 1.67. The molecule has 0 bridgehead atoms. The first-order chi connectivity index (χ1) is 8.56. The zero-order chi connectivity index (χ0) is 13.4. The summed E-state index contributed by atoms with van der Waals surface area (Å²) in [6, 6.07) is 10.0. The maximum Gasteiger partial charge on any atom is 0.0750 e. The van der Waals surface area contributed by atoms with Crippen LogP contribution < -0.4 is 5.73 Å². The molecule has 1 aromatic rings. The minimum atomic E-state index is -0.690. The number of ether oxygens (including phenoxy) is 1. The highest BCUT2D eigenvalue weighted by atomic mass is 16.5. The minimum absolute atomic E-state index is 0.498. The highest BCUT2D eigenvalue weighted by Crippen LogP contribution is 2.11. The molecule has 18 heavy (non-hydrogen) atoms. The average molecular weight is 249 g/mol. The number of aliphatic hydroxyl groups is 1. The SMILES string of the molecule is CC[C@@H](O)[C@@](C)(N)/C=C/COCc1ccccc1. The summed E-state index contributed by atoms with van der Waals surface area (Å²) in [5.41, 5.74) is 6.43. The molecule has 0 saturated heterocycles. The monoisotopic (exact) mass is 249 g/mol. The van der Waals surface area contributed by atoms with E-state index in [2.05, 4.69) is 0 Å². The van der Waals surface area contributed by atoms with Gasteiger partial charge >= 0.3 is 0 Å². The second-order valence-electron chi connectivity index (χ2n) is 4.69. The van der Waals surface area contributed by atoms with Gasteiger partial charge in [-0.05, 0) is 18.9 Å². The van der Waals surface area contributed by atoms with Crippen molar-refractivity contribution < 1.29 is 9.84 Å². The number of aliphatic hydroxyl groups excluding tert-OH is 1. The molecule has 0 amide bonds. The summed E-state index contributed by atoms with van der Waals surface area (Å²) in [5, 5.41) is 9.70. The Morgan fingerprint density at radius 3 is 2.67 bits per heavy atom. The van der Waals surface area contributed by atoms with Gasteiger partial charge in [0.25, 0.3) is 0 Å². The highest BCUT2D eigenvalue weighted by Gasteiger charge is 2.23. The first-order valence-electron chi connectivity index (χ1n) is 6.32. The summed E-state index contributed by atoms with van der Waals surface area (Å²) >= 11 is 0. The summed E-state index contributed by atoms with van der Waals surface area (Å²) < 4.78 is 5.50. The topological polar surface area (TPSA) is 55.5 Å². The van der Waals surface area contributed by atoms with Crippen molar-refractivity contribution in [2.45, 2.75) is 38.5 Å². The summed E-state index contributed by atoms with van der Waals surface area (Å²) in [4.78, 5) is 0. The molecule has 0 unspecified atom stereocenters. The first-order valence-corrected chi connectivity index (χ1v) is 6.32. The zero-order valence-electron chi connectivity index (χ0n) is 11.2. The van der Waals surface area contributed by atoms with E-state index in [1.807, 2.05) is 56.3 Å². The van der Waals surface area contributed by atoms with Crippen LogP contribution in [0.2, 0.25) is 0 Å². The van der Waals surface area contributed by atoms with E-state index in [1.165, 1.54) is 0 Å². The third kappa shape index (κ3) is 5.00. The van der Waals surface area contributed by atoms with E-state index < -0.39 is 11.6 Å². The molecule has 0 spiro atoms. The van der Waals surface area contributed by atoms with E-state index in [1.54, 1.807) is 0 Å². The van der Waals surface area contributed by atoms with Gasteiger partial charge in [0, 0.05) is 0 Å². The van der Waals surface area contributed by atoms with E-state index in [0.29, 0.717) is 19.6 Å². The molecule has 0 aliphatic rings. The summed E-state index contributed by atoms with van der Waals surface area (Å²) in [5.74, 6) is 0. The Morgan fingerprint density at radius 1 is 1.39 bits per heavy atom. The lowest BCUT2D eigenvalue weighted by Gasteiger charge is -2.26. The minimum Gasteiger partial charge on any atom is -0.391 e. The van der Waals surface area contributed by atoms with E-state index >= 15 is 0 Å². The van der Waals surface area contributed by atoms with Crippen LogP contribution in [0.25, 0.3) is 0 Å². The first kappa shape index (κ1) is 14.9. The number of nitrogens with two attached hydrogens (primary N) is 1. The second kappa shape index (κ2) is 7.31. The van der Waals surface area contributed by atoms with Gasteiger partial charge in [-0.2, -0.15) is 0 Å². The van der Waals surface area contributed by atoms with E-state index in [-0.39, 0.29) is 0 Å². The fourth-order valence-electron chi connectivity index (χ4n) is 1.67. The van der Waals surface area contributed by atoms with Crippen LogP contribution in [0.3, 0.4) is 0 Å². The second-order valence-corrected chi connectivity index (χ2v) is 4.69. The van der Waals surface area contributed by atoms with Crippen molar-refractivity contribution in [1.29, 1.82) is 0 Å². The molecule has 0 aliphatic heterocycles. The molecule has 2 atom stereocenters. The Labute approximate surface area is 109 Å². The number of rotatable bonds is 7. The van der Waals surface area contributed by atoms with Crippen LogP contribution in [0.1, 0.15) is 25.8 Å². The van der Waals surface area contributed by atoms with Crippen LogP contribution >= 0.6 is 0 Å². The molecule has 0 aromatic heterocycles. The van der Waals surface area contributed by atoms with Gasteiger partial charge in [0.15, 0.2) is 0 Å². The molecule has 3 N–H and O–H groups in total. The summed E-state index contributed by atoms with van der Waals surface area (Å²) in [7, 11) is 0. The Hall–Kier alpha value is -1.16. The lowest BCUT2D eigenvalue weighted by Crippen LogP contribution is -2.45. The van der Waals surface area contributed by atoms with E-state index in [9.17, 15) is 5.11 Å². The largest absolute Gasteiger partial charge is 0.391 e. The van der Waals surface area contributed by atoms with Crippen molar-refractivity contribution in [3.05, 3.63) is 48.0 Å². The van der Waals surface area contributed by atoms with Gasteiger partial charge in [0.1, 0.15) is 0 Å². The van der Waals surface area contributed by atoms with Gasteiger partial charge in [-0.3, -0.25) is 0 Å². The van der Waals surface area contributed by atoms with Crippen molar-refractivity contribution in [3.63, 3.8) is 0 Å². The van der Waals surface area contributed by atoms with Gasteiger partial charge < -0.3 is 15.6 Å². The Balaban J connectivity index is 2.29. The maximum absolute atomic E-state index is 9.70. The van der Waals surface area contributed by atoms with E-state index in [4.69, 9.17) is 10.5 Å². The van der Waals surface area contributed by atoms with E-state index in [0.717, 1.165) is 5.56 Å². The Morgan fingerprint density at radius 2 is 2.06 bits per heavy atom. The normalized spacial score (nSPS) is 16.7. The maximum atomic E-state index is 9.70. The average Bonchev–Trinajstić information content (AvgIpc) is 2.38. The van der Waals surface area contributed by atoms with Gasteiger partial charge in [0.2, 0.25) is 0 Å². The molecule has 1 rings (SSSR count). The molecule has 0 saturated carbocycles. The molecular weight excluding hydrogens is 226 g/mol. The smallest absolute Gasteiger partial charge is 0.0750 e.